The molecule has 0 aliphatic carbocycles. The van der Waals surface area contributed by atoms with Gasteiger partial charge in [-0.25, -0.2) is 0 Å². The van der Waals surface area contributed by atoms with Crippen molar-refractivity contribution in [2.24, 2.45) is 5.73 Å². The second kappa shape index (κ2) is 9.44. The number of rotatable bonds is 4. The van der Waals surface area contributed by atoms with Gasteiger partial charge in [0.2, 0.25) is 0 Å². The molecule has 2 aliphatic heterocycles. The molecule has 0 aromatic heterocycles. The smallest absolute Gasteiger partial charge is 0.254 e. The maximum Gasteiger partial charge on any atom is 0.254 e. The summed E-state index contributed by atoms with van der Waals surface area (Å²) >= 11 is 0. The van der Waals surface area contributed by atoms with Crippen LogP contribution in [0.3, 0.4) is 0 Å². The van der Waals surface area contributed by atoms with Gasteiger partial charge in [0.15, 0.2) is 0 Å². The highest BCUT2D eigenvalue weighted by Gasteiger charge is 2.27. The van der Waals surface area contributed by atoms with Crippen molar-refractivity contribution in [3.63, 3.8) is 0 Å². The molecule has 2 N–H and O–H groups in total. The molecule has 4 rings (SSSR count). The number of allylic oxidation sites excluding steroid dienone is 1. The molecule has 33 heavy (non-hydrogen) atoms. The molecule has 0 saturated carbocycles. The number of benzene rings is 2. The Morgan fingerprint density at radius 3 is 2.73 bits per heavy atom. The van der Waals surface area contributed by atoms with Crippen molar-refractivity contribution >= 4 is 17.7 Å². The van der Waals surface area contributed by atoms with Crippen LogP contribution in [0, 0.1) is 20.8 Å². The molecule has 1 saturated heterocycles. The van der Waals surface area contributed by atoms with Gasteiger partial charge in [-0.1, -0.05) is 24.8 Å². The van der Waals surface area contributed by atoms with Crippen LogP contribution < -0.4 is 15.4 Å². The van der Waals surface area contributed by atoms with Crippen LogP contribution in [0.2, 0.25) is 0 Å². The Morgan fingerprint density at radius 2 is 1.97 bits per heavy atom. The Morgan fingerprint density at radius 1 is 1.18 bits per heavy atom. The van der Waals surface area contributed by atoms with E-state index < -0.39 is 0 Å². The highest BCUT2D eigenvalue weighted by atomic mass is 16.5. The number of piperidine rings is 1. The molecule has 0 spiro atoms. The second-order valence-corrected chi connectivity index (χ2v) is 9.36. The topological polar surface area (TPSA) is 58.8 Å². The van der Waals surface area contributed by atoms with E-state index in [0.29, 0.717) is 18.7 Å². The third-order valence-corrected chi connectivity index (χ3v) is 6.90. The van der Waals surface area contributed by atoms with Gasteiger partial charge in [-0.15, -0.1) is 0 Å². The van der Waals surface area contributed by atoms with Gasteiger partial charge in [0.1, 0.15) is 12.4 Å². The summed E-state index contributed by atoms with van der Waals surface area (Å²) in [6, 6.07) is 10.3. The lowest BCUT2D eigenvalue weighted by Crippen LogP contribution is -2.45. The number of anilines is 1. The Kier molecular flexibility index (Phi) is 6.61. The van der Waals surface area contributed by atoms with Gasteiger partial charge in [-0.3, -0.25) is 4.79 Å². The van der Waals surface area contributed by atoms with Gasteiger partial charge < -0.3 is 20.3 Å². The Labute approximate surface area is 197 Å². The molecule has 2 aromatic rings. The van der Waals surface area contributed by atoms with E-state index in [-0.39, 0.29) is 11.9 Å². The molecular formula is C28H35N3O2. The molecular weight excluding hydrogens is 410 g/mol. The molecule has 0 bridgehead atoms. The predicted octanol–water partition coefficient (Wildman–Crippen LogP) is 4.99. The van der Waals surface area contributed by atoms with E-state index in [2.05, 4.69) is 56.5 Å². The van der Waals surface area contributed by atoms with E-state index in [4.69, 9.17) is 10.5 Å². The fourth-order valence-corrected chi connectivity index (χ4v) is 4.79. The van der Waals surface area contributed by atoms with E-state index in [0.717, 1.165) is 54.2 Å². The highest BCUT2D eigenvalue weighted by Crippen LogP contribution is 2.39. The van der Waals surface area contributed by atoms with E-state index in [1.807, 2.05) is 24.0 Å². The van der Waals surface area contributed by atoms with Crippen LogP contribution in [0.25, 0.3) is 6.08 Å². The number of aryl methyl sites for hydroxylation is 2. The van der Waals surface area contributed by atoms with Gasteiger partial charge in [0.05, 0.1) is 12.2 Å². The standard InChI is InChI=1S/C28H35N3O2/c1-18-8-6-9-23(21(18)4)14-19(2)22(5)31-12-13-33-26-16-24(15-20(3)27(26)31)28(32)30-11-7-10-25(29)17-30/h6,8-9,14-16,25H,5,7,10-13,17,29H2,1-4H3/b19-14+. The molecule has 0 radical (unpaired) electrons. The lowest BCUT2D eigenvalue weighted by Gasteiger charge is -2.35. The number of amides is 1. The molecule has 2 aliphatic rings. The van der Waals surface area contributed by atoms with Gasteiger partial charge in [0, 0.05) is 30.4 Å². The van der Waals surface area contributed by atoms with Crippen molar-refractivity contribution in [2.75, 3.05) is 31.1 Å². The Hall–Kier alpha value is -3.05. The van der Waals surface area contributed by atoms with E-state index in [1.165, 1.54) is 16.7 Å². The highest BCUT2D eigenvalue weighted by molar-refractivity contribution is 5.96. The molecule has 5 heteroatoms. The number of nitrogens with two attached hydrogens (primary N) is 1. The van der Waals surface area contributed by atoms with Crippen molar-refractivity contribution in [1.29, 1.82) is 0 Å². The predicted molar refractivity (Wildman–Crippen MR) is 136 cm³/mol. The number of carbonyl (C=O) groups is 1. The summed E-state index contributed by atoms with van der Waals surface area (Å²) in [5.74, 6) is 0.771. The molecule has 2 heterocycles. The minimum absolute atomic E-state index is 0.0293. The number of ether oxygens (including phenoxy) is 1. The van der Waals surface area contributed by atoms with Crippen LogP contribution in [0.1, 0.15) is 52.4 Å². The van der Waals surface area contributed by atoms with Crippen molar-refractivity contribution in [3.8, 4) is 5.75 Å². The first-order valence-corrected chi connectivity index (χ1v) is 11.8. The van der Waals surface area contributed by atoms with Crippen molar-refractivity contribution < 1.29 is 9.53 Å². The SMILES string of the molecule is C=C(/C(C)=C/c1cccc(C)c1C)N1CCOc2cc(C(=O)N3CCCC(N)C3)cc(C)c21. The lowest BCUT2D eigenvalue weighted by atomic mass is 9.99. The minimum Gasteiger partial charge on any atom is -0.490 e. The van der Waals surface area contributed by atoms with Crippen LogP contribution in [0.4, 0.5) is 5.69 Å². The number of hydrogen-bond acceptors (Lipinski definition) is 4. The van der Waals surface area contributed by atoms with Crippen LogP contribution in [-0.4, -0.2) is 43.1 Å². The van der Waals surface area contributed by atoms with E-state index in [1.54, 1.807) is 0 Å². The maximum atomic E-state index is 13.1. The van der Waals surface area contributed by atoms with Crippen molar-refractivity contribution in [2.45, 2.75) is 46.6 Å². The second-order valence-electron chi connectivity index (χ2n) is 9.36. The van der Waals surface area contributed by atoms with Gasteiger partial charge in [0.25, 0.3) is 5.91 Å². The normalized spacial score (nSPS) is 18.6. The third-order valence-electron chi connectivity index (χ3n) is 6.90. The minimum atomic E-state index is 0.0293. The van der Waals surface area contributed by atoms with Crippen molar-refractivity contribution in [3.05, 3.63) is 76.0 Å². The Bertz CT molecular complexity index is 1120. The Balaban J connectivity index is 1.62. The first-order valence-electron chi connectivity index (χ1n) is 11.8. The average Bonchev–Trinajstić information content (AvgIpc) is 2.80. The fraction of sp³-hybridized carbons (Fsp3) is 0.393. The maximum absolute atomic E-state index is 13.1. The summed E-state index contributed by atoms with van der Waals surface area (Å²) in [6.45, 7) is 15.5. The summed E-state index contributed by atoms with van der Waals surface area (Å²) in [7, 11) is 0. The zero-order valence-electron chi connectivity index (χ0n) is 20.3. The summed E-state index contributed by atoms with van der Waals surface area (Å²) in [6.07, 6.45) is 4.13. The first-order chi connectivity index (χ1) is 15.8. The molecule has 1 unspecified atom stereocenters. The summed E-state index contributed by atoms with van der Waals surface area (Å²) in [5, 5.41) is 0. The van der Waals surface area contributed by atoms with E-state index >= 15 is 0 Å². The molecule has 1 amide bonds. The van der Waals surface area contributed by atoms with Crippen LogP contribution >= 0.6 is 0 Å². The van der Waals surface area contributed by atoms with E-state index in [9.17, 15) is 4.79 Å². The lowest BCUT2D eigenvalue weighted by molar-refractivity contribution is 0.0708. The van der Waals surface area contributed by atoms with Crippen LogP contribution in [0.15, 0.2) is 48.2 Å². The largest absolute Gasteiger partial charge is 0.490 e. The van der Waals surface area contributed by atoms with Crippen LogP contribution in [0.5, 0.6) is 5.75 Å². The van der Waals surface area contributed by atoms with Gasteiger partial charge in [-0.05, 0) is 86.6 Å². The monoisotopic (exact) mass is 445 g/mol. The third kappa shape index (κ3) is 4.69. The number of likely N-dealkylation sites (tertiary alicyclic amines) is 1. The fourth-order valence-electron chi connectivity index (χ4n) is 4.79. The summed E-state index contributed by atoms with van der Waals surface area (Å²) in [5.41, 5.74) is 14.6. The summed E-state index contributed by atoms with van der Waals surface area (Å²) in [4.78, 5) is 17.2. The molecule has 1 fully saturated rings. The van der Waals surface area contributed by atoms with Gasteiger partial charge in [-0.2, -0.15) is 0 Å². The number of carbonyl (C=O) groups excluding carboxylic acids is 1. The zero-order chi connectivity index (χ0) is 23.7. The zero-order valence-corrected chi connectivity index (χ0v) is 20.3. The summed E-state index contributed by atoms with van der Waals surface area (Å²) < 4.78 is 6.02. The van der Waals surface area contributed by atoms with Gasteiger partial charge >= 0.3 is 0 Å². The molecule has 1 atom stereocenters. The number of fused-ring (bicyclic) bond motifs is 1. The molecule has 5 nitrogen and oxygen atoms in total. The molecule has 2 aromatic carbocycles. The average molecular weight is 446 g/mol. The quantitative estimate of drug-likeness (QED) is 0.674. The number of nitrogens with zero attached hydrogens (tertiary/aromatic N) is 2. The number of hydrogen-bond donors (Lipinski definition) is 1. The van der Waals surface area contributed by atoms with Crippen molar-refractivity contribution in [1.82, 2.24) is 4.90 Å². The van der Waals surface area contributed by atoms with Crippen LogP contribution in [-0.2, 0) is 0 Å². The molecule has 174 valence electrons. The first kappa shape index (κ1) is 23.1.